The number of carbonyl (C=O) groups is 1. The number of hydrogen-bond donors (Lipinski definition) is 1. The van der Waals surface area contributed by atoms with Crippen molar-refractivity contribution in [3.05, 3.63) is 64.6 Å². The van der Waals surface area contributed by atoms with Gasteiger partial charge < -0.3 is 10.1 Å². The van der Waals surface area contributed by atoms with Crippen LogP contribution >= 0.6 is 0 Å². The predicted molar refractivity (Wildman–Crippen MR) is 101 cm³/mol. The van der Waals surface area contributed by atoms with Crippen molar-refractivity contribution in [1.29, 1.82) is 0 Å². The van der Waals surface area contributed by atoms with Gasteiger partial charge in [0.2, 0.25) is 0 Å². The lowest BCUT2D eigenvalue weighted by atomic mass is 10.0. The maximum Gasteiger partial charge on any atom is 0.416 e. The summed E-state index contributed by atoms with van der Waals surface area (Å²) in [5.41, 5.74) is -2.54. The number of aromatic nitrogens is 1. The van der Waals surface area contributed by atoms with Gasteiger partial charge in [0.25, 0.3) is 0 Å². The molecule has 1 N–H and O–H groups in total. The van der Waals surface area contributed by atoms with E-state index in [4.69, 9.17) is 4.74 Å². The Bertz CT molecular complexity index is 1180. The molecule has 1 aromatic heterocycles. The number of anilines is 1. The van der Waals surface area contributed by atoms with E-state index in [1.165, 1.54) is 12.1 Å². The second-order valence-electron chi connectivity index (χ2n) is 7.35. The van der Waals surface area contributed by atoms with Crippen LogP contribution in [0.5, 0.6) is 0 Å². The van der Waals surface area contributed by atoms with Gasteiger partial charge in [-0.1, -0.05) is 0 Å². The lowest BCUT2D eigenvalue weighted by Crippen LogP contribution is -2.25. The summed E-state index contributed by atoms with van der Waals surface area (Å²) < 4.78 is 99.3. The van der Waals surface area contributed by atoms with Crippen LogP contribution in [-0.4, -0.2) is 17.2 Å². The van der Waals surface area contributed by atoms with Crippen LogP contribution in [0, 0.1) is 5.82 Å². The lowest BCUT2D eigenvalue weighted by molar-refractivity contribution is -0.143. The van der Waals surface area contributed by atoms with Crippen molar-refractivity contribution in [2.24, 2.45) is 0 Å². The Kier molecular flexibility index (Phi) is 5.19. The summed E-state index contributed by atoms with van der Waals surface area (Å²) in [6, 6.07) is 3.48. The highest BCUT2D eigenvalue weighted by atomic mass is 19.4. The van der Waals surface area contributed by atoms with E-state index < -0.39 is 47.1 Å². The summed E-state index contributed by atoms with van der Waals surface area (Å²) in [6.07, 6.45) is -10.4. The molecule has 0 spiro atoms. The molecule has 0 radical (unpaired) electrons. The Morgan fingerprint density at radius 2 is 1.66 bits per heavy atom. The Morgan fingerprint density at radius 3 is 2.25 bits per heavy atom. The van der Waals surface area contributed by atoms with Gasteiger partial charge >= 0.3 is 18.4 Å². The molecule has 0 saturated carbocycles. The number of carbonyl (C=O) groups excluding carboxylic acids is 1. The average molecular weight is 460 g/mol. The topological polar surface area (TPSA) is 43.3 Å². The number of fused-ring (bicyclic) bond motifs is 3. The number of nitrogens with one attached hydrogen (secondary N) is 1. The van der Waals surface area contributed by atoms with Crippen molar-refractivity contribution in [3.8, 4) is 0 Å². The van der Waals surface area contributed by atoms with Crippen LogP contribution in [0.25, 0.3) is 10.9 Å². The zero-order valence-corrected chi connectivity index (χ0v) is 16.4. The number of amides is 1. The van der Waals surface area contributed by atoms with Crippen molar-refractivity contribution in [2.75, 3.05) is 11.9 Å². The highest BCUT2D eigenvalue weighted by Crippen LogP contribution is 2.39. The van der Waals surface area contributed by atoms with E-state index in [0.717, 1.165) is 10.6 Å². The van der Waals surface area contributed by atoms with Crippen molar-refractivity contribution in [1.82, 2.24) is 4.57 Å². The summed E-state index contributed by atoms with van der Waals surface area (Å²) in [7, 11) is 0. The van der Waals surface area contributed by atoms with Crippen LogP contribution in [-0.2, 0) is 23.5 Å². The van der Waals surface area contributed by atoms with Gasteiger partial charge in [-0.15, -0.1) is 0 Å². The van der Waals surface area contributed by atoms with Gasteiger partial charge in [-0.25, -0.2) is 9.18 Å². The Balaban J connectivity index is 1.83. The third-order valence-electron chi connectivity index (χ3n) is 5.22. The smallest absolute Gasteiger partial charge is 0.372 e. The Labute approximate surface area is 176 Å². The second-order valence-corrected chi connectivity index (χ2v) is 7.35. The molecule has 0 saturated heterocycles. The largest absolute Gasteiger partial charge is 0.416 e. The van der Waals surface area contributed by atoms with E-state index in [0.29, 0.717) is 41.8 Å². The van der Waals surface area contributed by atoms with Gasteiger partial charge in [0, 0.05) is 11.1 Å². The normalized spacial score (nSPS) is 16.8. The van der Waals surface area contributed by atoms with Gasteiger partial charge in [-0.05, 0) is 55.3 Å². The molecule has 32 heavy (non-hydrogen) atoms. The molecule has 4 nitrogen and oxygen atoms in total. The summed E-state index contributed by atoms with van der Waals surface area (Å²) in [5.74, 6) is -0.551. The second kappa shape index (κ2) is 7.51. The molecule has 1 aliphatic heterocycles. The highest BCUT2D eigenvalue weighted by molar-refractivity contribution is 6.01. The molecule has 0 bridgehead atoms. The van der Waals surface area contributed by atoms with E-state index in [1.807, 2.05) is 0 Å². The molecule has 2 aromatic carbocycles. The van der Waals surface area contributed by atoms with Crippen molar-refractivity contribution in [3.63, 3.8) is 0 Å². The SMILES string of the molecule is C[C@@H]1OCCc2c1n(C(=O)Nc1cc(C(F)(F)F)cc(C(F)(F)F)c1)c1ccc(F)cc21. The fourth-order valence-corrected chi connectivity index (χ4v) is 3.88. The number of nitrogens with zero attached hydrogens (tertiary/aromatic N) is 1. The van der Waals surface area contributed by atoms with Crippen LogP contribution in [0.2, 0.25) is 0 Å². The number of hydrogen-bond acceptors (Lipinski definition) is 2. The molecular formula is C21H15F7N2O2. The van der Waals surface area contributed by atoms with Gasteiger partial charge in [0.1, 0.15) is 5.82 Å². The first kappa shape index (κ1) is 22.1. The monoisotopic (exact) mass is 460 g/mol. The molecule has 1 amide bonds. The van der Waals surface area contributed by atoms with Gasteiger partial charge in [-0.3, -0.25) is 4.57 Å². The summed E-state index contributed by atoms with van der Waals surface area (Å²) in [6.45, 7) is 1.96. The number of rotatable bonds is 1. The average Bonchev–Trinajstić information content (AvgIpc) is 3.01. The number of ether oxygens (including phenoxy) is 1. The Hall–Kier alpha value is -3.08. The molecule has 3 aromatic rings. The fraction of sp³-hybridized carbons (Fsp3) is 0.286. The van der Waals surface area contributed by atoms with Crippen LogP contribution in [0.4, 0.5) is 41.2 Å². The molecule has 1 aliphatic rings. The molecule has 0 aliphatic carbocycles. The molecule has 2 heterocycles. The molecule has 1 atom stereocenters. The summed E-state index contributed by atoms with van der Waals surface area (Å²) in [5, 5.41) is 2.54. The molecular weight excluding hydrogens is 445 g/mol. The summed E-state index contributed by atoms with van der Waals surface area (Å²) in [4.78, 5) is 13.1. The van der Waals surface area contributed by atoms with Crippen LogP contribution in [0.3, 0.4) is 0 Å². The van der Waals surface area contributed by atoms with E-state index in [1.54, 1.807) is 6.92 Å². The zero-order valence-electron chi connectivity index (χ0n) is 16.4. The van der Waals surface area contributed by atoms with Crippen LogP contribution < -0.4 is 5.32 Å². The fourth-order valence-electron chi connectivity index (χ4n) is 3.88. The minimum atomic E-state index is -5.06. The van der Waals surface area contributed by atoms with E-state index in [9.17, 15) is 35.5 Å². The van der Waals surface area contributed by atoms with Crippen molar-refractivity contribution in [2.45, 2.75) is 31.8 Å². The maximum absolute atomic E-state index is 13.8. The van der Waals surface area contributed by atoms with Gasteiger partial charge in [0.05, 0.1) is 35.0 Å². The maximum atomic E-state index is 13.8. The minimum Gasteiger partial charge on any atom is -0.372 e. The molecule has 4 rings (SSSR count). The first-order valence-electron chi connectivity index (χ1n) is 9.41. The van der Waals surface area contributed by atoms with Crippen LogP contribution in [0.1, 0.15) is 35.4 Å². The highest BCUT2D eigenvalue weighted by Gasteiger charge is 2.37. The van der Waals surface area contributed by atoms with Crippen LogP contribution in [0.15, 0.2) is 36.4 Å². The standard InChI is InChI=1S/C21H15F7N2O2/c1-10-18-15(4-5-32-10)16-9-13(22)2-3-17(16)30(18)19(31)29-14-7-11(20(23,24)25)6-12(8-14)21(26,27)28/h2-3,6-10H,4-5H2,1H3,(H,29,31)/t10-/m0/s1. The lowest BCUT2D eigenvalue weighted by Gasteiger charge is -2.23. The minimum absolute atomic E-state index is 0.0265. The van der Waals surface area contributed by atoms with Gasteiger partial charge in [0.15, 0.2) is 0 Å². The van der Waals surface area contributed by atoms with E-state index >= 15 is 0 Å². The quantitative estimate of drug-likeness (QED) is 0.420. The van der Waals surface area contributed by atoms with Gasteiger partial charge in [-0.2, -0.15) is 26.3 Å². The molecule has 170 valence electrons. The third-order valence-corrected chi connectivity index (χ3v) is 5.22. The zero-order chi connectivity index (χ0) is 23.4. The van der Waals surface area contributed by atoms with Crippen molar-refractivity contribution >= 4 is 22.6 Å². The molecule has 0 unspecified atom stereocenters. The predicted octanol–water partition coefficient (Wildman–Crippen LogP) is 6.53. The number of benzene rings is 2. The first-order valence-corrected chi connectivity index (χ1v) is 9.41. The summed E-state index contributed by atoms with van der Waals surface area (Å²) >= 11 is 0. The molecule has 11 heteroatoms. The third kappa shape index (κ3) is 3.92. The molecule has 0 fully saturated rings. The van der Waals surface area contributed by atoms with E-state index in [-0.39, 0.29) is 11.6 Å². The Morgan fingerprint density at radius 1 is 1.03 bits per heavy atom. The van der Waals surface area contributed by atoms with Crippen molar-refractivity contribution < 1.29 is 40.3 Å². The van der Waals surface area contributed by atoms with E-state index in [2.05, 4.69) is 5.32 Å². The number of halogens is 7. The first-order chi connectivity index (χ1) is 14.9. The number of alkyl halides is 6.